The lowest BCUT2D eigenvalue weighted by Crippen LogP contribution is -2.36. The molecule has 0 bridgehead atoms. The number of hydrogen-bond donors (Lipinski definition) is 0. The van der Waals surface area contributed by atoms with E-state index in [9.17, 15) is 9.59 Å². The van der Waals surface area contributed by atoms with Crippen LogP contribution in [0.2, 0.25) is 0 Å². The number of fused-ring (bicyclic) bond motifs is 1. The Morgan fingerprint density at radius 3 is 2.60 bits per heavy atom. The minimum Gasteiger partial charge on any atom is -0.422 e. The van der Waals surface area contributed by atoms with E-state index < -0.39 is 11.9 Å². The van der Waals surface area contributed by atoms with Crippen LogP contribution in [0.5, 0.6) is 0 Å². The predicted octanol–water partition coefficient (Wildman–Crippen LogP) is 3.35. The molecule has 1 aliphatic heterocycles. The highest BCUT2D eigenvalue weighted by atomic mass is 16.5. The summed E-state index contributed by atoms with van der Waals surface area (Å²) in [4.78, 5) is 26.7. The van der Waals surface area contributed by atoms with Crippen molar-refractivity contribution in [1.29, 1.82) is 0 Å². The molecule has 1 saturated heterocycles. The van der Waals surface area contributed by atoms with Crippen LogP contribution in [0.25, 0.3) is 11.0 Å². The lowest BCUT2D eigenvalue weighted by Gasteiger charge is -2.18. The Bertz CT molecular complexity index is 980. The van der Waals surface area contributed by atoms with Gasteiger partial charge in [-0.05, 0) is 24.6 Å². The average molecular weight is 335 g/mol. The Labute approximate surface area is 144 Å². The highest BCUT2D eigenvalue weighted by molar-refractivity contribution is 5.96. The molecular formula is C20H17NO4. The second kappa shape index (κ2) is 6.18. The molecular weight excluding hydrogens is 318 g/mol. The number of ether oxygens (including phenoxy) is 1. The molecule has 0 N–H and O–H groups in total. The minimum atomic E-state index is -0.626. The number of hydrogen-bond acceptors (Lipinski definition) is 4. The van der Waals surface area contributed by atoms with Gasteiger partial charge in [-0.15, -0.1) is 0 Å². The van der Waals surface area contributed by atoms with Crippen molar-refractivity contribution in [2.24, 2.45) is 0 Å². The first-order chi connectivity index (χ1) is 12.1. The van der Waals surface area contributed by atoms with Gasteiger partial charge in [0.05, 0.1) is 6.54 Å². The molecule has 5 heteroatoms. The van der Waals surface area contributed by atoms with Gasteiger partial charge in [-0.1, -0.05) is 48.5 Å². The van der Waals surface area contributed by atoms with Gasteiger partial charge < -0.3 is 14.1 Å². The highest BCUT2D eigenvalue weighted by Gasteiger charge is 2.35. The van der Waals surface area contributed by atoms with Gasteiger partial charge >= 0.3 is 5.63 Å². The van der Waals surface area contributed by atoms with Gasteiger partial charge in [0.25, 0.3) is 5.91 Å². The summed E-state index contributed by atoms with van der Waals surface area (Å²) < 4.78 is 11.2. The van der Waals surface area contributed by atoms with Crippen LogP contribution in [0.1, 0.15) is 28.9 Å². The van der Waals surface area contributed by atoms with Crippen LogP contribution in [0.3, 0.4) is 0 Å². The van der Waals surface area contributed by atoms with Gasteiger partial charge in [0.1, 0.15) is 23.5 Å². The topological polar surface area (TPSA) is 59.8 Å². The second-order valence-corrected chi connectivity index (χ2v) is 6.08. The Morgan fingerprint density at radius 1 is 1.08 bits per heavy atom. The van der Waals surface area contributed by atoms with Gasteiger partial charge in [0.2, 0.25) is 0 Å². The Hall–Kier alpha value is -2.92. The van der Waals surface area contributed by atoms with Gasteiger partial charge in [-0.25, -0.2) is 4.79 Å². The van der Waals surface area contributed by atoms with Crippen LogP contribution in [0.4, 0.5) is 0 Å². The molecule has 0 radical (unpaired) electrons. The lowest BCUT2D eigenvalue weighted by atomic mass is 10.1. The van der Waals surface area contributed by atoms with Gasteiger partial charge in [-0.3, -0.25) is 4.79 Å². The lowest BCUT2D eigenvalue weighted by molar-refractivity contribution is 0.0136. The second-order valence-electron chi connectivity index (χ2n) is 6.08. The fourth-order valence-electron chi connectivity index (χ4n) is 3.15. The zero-order valence-corrected chi connectivity index (χ0v) is 13.7. The van der Waals surface area contributed by atoms with Crippen LogP contribution >= 0.6 is 0 Å². The molecule has 1 aromatic heterocycles. The molecule has 126 valence electrons. The SMILES string of the molecule is CC1OC(c2ccccc2)CN1C(=O)c1cc2ccccc2oc1=O. The molecule has 2 aromatic carbocycles. The van der Waals surface area contributed by atoms with Gasteiger partial charge in [-0.2, -0.15) is 0 Å². The van der Waals surface area contributed by atoms with Crippen molar-refractivity contribution >= 4 is 16.9 Å². The molecule has 1 fully saturated rings. The Kier molecular flexibility index (Phi) is 3.86. The van der Waals surface area contributed by atoms with E-state index in [1.54, 1.807) is 23.1 Å². The number of carbonyl (C=O) groups excluding carboxylic acids is 1. The summed E-state index contributed by atoms with van der Waals surface area (Å²) in [5.41, 5.74) is 0.883. The molecule has 2 unspecified atom stereocenters. The summed E-state index contributed by atoms with van der Waals surface area (Å²) in [6.45, 7) is 2.21. The molecule has 25 heavy (non-hydrogen) atoms. The molecule has 5 nitrogen and oxygen atoms in total. The highest BCUT2D eigenvalue weighted by Crippen LogP contribution is 2.29. The van der Waals surface area contributed by atoms with E-state index in [1.807, 2.05) is 49.4 Å². The van der Waals surface area contributed by atoms with E-state index in [1.165, 1.54) is 0 Å². The van der Waals surface area contributed by atoms with E-state index in [4.69, 9.17) is 9.15 Å². The van der Waals surface area contributed by atoms with E-state index in [0.29, 0.717) is 12.1 Å². The molecule has 0 aliphatic carbocycles. The molecule has 1 amide bonds. The normalized spacial score (nSPS) is 20.1. The summed E-state index contributed by atoms with van der Waals surface area (Å²) in [7, 11) is 0. The van der Waals surface area contributed by atoms with Crippen molar-refractivity contribution in [2.75, 3.05) is 6.54 Å². The monoisotopic (exact) mass is 335 g/mol. The molecule has 3 aromatic rings. The summed E-state index contributed by atoms with van der Waals surface area (Å²) >= 11 is 0. The molecule has 0 saturated carbocycles. The maximum atomic E-state index is 12.9. The molecule has 0 spiro atoms. The fourth-order valence-corrected chi connectivity index (χ4v) is 3.15. The van der Waals surface area contributed by atoms with Crippen LogP contribution in [-0.2, 0) is 4.74 Å². The standard InChI is InChI=1S/C20H17NO4/c1-13-21(12-18(24-13)14-7-3-2-4-8-14)19(22)16-11-15-9-5-6-10-17(15)25-20(16)23/h2-11,13,18H,12H2,1H3. The maximum Gasteiger partial charge on any atom is 0.349 e. The van der Waals surface area contributed by atoms with Gasteiger partial charge in [0, 0.05) is 5.39 Å². The third-order valence-corrected chi connectivity index (χ3v) is 4.47. The number of para-hydroxylation sites is 1. The smallest absolute Gasteiger partial charge is 0.349 e. The predicted molar refractivity (Wildman–Crippen MR) is 93.3 cm³/mol. The largest absolute Gasteiger partial charge is 0.422 e. The molecule has 1 aliphatic rings. The van der Waals surface area contributed by atoms with Crippen LogP contribution < -0.4 is 5.63 Å². The van der Waals surface area contributed by atoms with Crippen LogP contribution in [0, 0.1) is 0 Å². The third-order valence-electron chi connectivity index (χ3n) is 4.47. The van der Waals surface area contributed by atoms with Crippen molar-refractivity contribution < 1.29 is 13.9 Å². The number of nitrogens with zero attached hydrogens (tertiary/aromatic N) is 1. The number of rotatable bonds is 2. The first kappa shape index (κ1) is 15.6. The number of carbonyl (C=O) groups is 1. The van der Waals surface area contributed by atoms with E-state index in [0.717, 1.165) is 10.9 Å². The van der Waals surface area contributed by atoms with Crippen molar-refractivity contribution in [3.05, 3.63) is 82.2 Å². The summed E-state index contributed by atoms with van der Waals surface area (Å²) in [6, 6.07) is 18.5. The summed E-state index contributed by atoms with van der Waals surface area (Å²) in [5, 5.41) is 0.720. The third kappa shape index (κ3) is 2.83. The zero-order chi connectivity index (χ0) is 17.4. The Morgan fingerprint density at radius 2 is 1.80 bits per heavy atom. The summed E-state index contributed by atoms with van der Waals surface area (Å²) in [6.07, 6.45) is -0.615. The molecule has 2 heterocycles. The number of amides is 1. The minimum absolute atomic E-state index is 0.0304. The van der Waals surface area contributed by atoms with E-state index in [2.05, 4.69) is 0 Å². The van der Waals surface area contributed by atoms with E-state index in [-0.39, 0.29) is 17.6 Å². The molecule has 4 rings (SSSR count). The summed E-state index contributed by atoms with van der Waals surface area (Å²) in [5.74, 6) is -0.370. The van der Waals surface area contributed by atoms with Crippen molar-refractivity contribution in [3.63, 3.8) is 0 Å². The van der Waals surface area contributed by atoms with Gasteiger partial charge in [0.15, 0.2) is 0 Å². The van der Waals surface area contributed by atoms with Crippen molar-refractivity contribution in [2.45, 2.75) is 19.3 Å². The van der Waals surface area contributed by atoms with Crippen LogP contribution in [-0.4, -0.2) is 23.6 Å². The first-order valence-electron chi connectivity index (χ1n) is 8.18. The first-order valence-corrected chi connectivity index (χ1v) is 8.18. The number of benzene rings is 2. The van der Waals surface area contributed by atoms with Crippen molar-refractivity contribution in [1.82, 2.24) is 4.90 Å². The zero-order valence-electron chi connectivity index (χ0n) is 13.7. The van der Waals surface area contributed by atoms with Crippen molar-refractivity contribution in [3.8, 4) is 0 Å². The molecule has 2 atom stereocenters. The maximum absolute atomic E-state index is 12.9. The quantitative estimate of drug-likeness (QED) is 0.674. The Balaban J connectivity index is 1.65. The fraction of sp³-hybridized carbons (Fsp3) is 0.200. The van der Waals surface area contributed by atoms with Crippen LogP contribution in [0.15, 0.2) is 69.9 Å². The van der Waals surface area contributed by atoms with E-state index >= 15 is 0 Å². The average Bonchev–Trinajstić information content (AvgIpc) is 3.03.